The second-order valence-corrected chi connectivity index (χ2v) is 6.46. The van der Waals surface area contributed by atoms with Crippen LogP contribution in [-0.4, -0.2) is 43.4 Å². The Balaban J connectivity index is 1.45. The van der Waals surface area contributed by atoms with E-state index in [1.54, 1.807) is 30.3 Å². The number of anilines is 1. The van der Waals surface area contributed by atoms with Gasteiger partial charge in [0.25, 0.3) is 5.91 Å². The molecule has 140 valence electrons. The van der Waals surface area contributed by atoms with Gasteiger partial charge in [-0.3, -0.25) is 14.5 Å². The summed E-state index contributed by atoms with van der Waals surface area (Å²) in [6.07, 6.45) is 0.658. The molecule has 3 rings (SSSR count). The molecule has 1 heterocycles. The molecule has 0 fully saturated rings. The summed E-state index contributed by atoms with van der Waals surface area (Å²) >= 11 is 0. The van der Waals surface area contributed by atoms with Crippen molar-refractivity contribution in [3.63, 3.8) is 0 Å². The molecule has 2 aromatic rings. The fraction of sp³-hybridized carbons (Fsp3) is 0.238. The number of nitrogens with one attached hydrogen (secondary N) is 1. The third kappa shape index (κ3) is 4.00. The lowest BCUT2D eigenvalue weighted by molar-refractivity contribution is -0.121. The van der Waals surface area contributed by atoms with Crippen molar-refractivity contribution < 1.29 is 14.0 Å². The number of hydrogen-bond donors (Lipinski definition) is 1. The summed E-state index contributed by atoms with van der Waals surface area (Å²) in [5, 5.41) is 2.80. The highest BCUT2D eigenvalue weighted by atomic mass is 19.1. The van der Waals surface area contributed by atoms with E-state index in [0.29, 0.717) is 36.5 Å². The number of fused-ring (bicyclic) bond motifs is 1. The molecule has 0 saturated heterocycles. The molecule has 1 N–H and O–H groups in total. The normalized spacial score (nSPS) is 12.9. The third-order valence-corrected chi connectivity index (χ3v) is 4.60. The van der Waals surface area contributed by atoms with E-state index >= 15 is 0 Å². The van der Waals surface area contributed by atoms with Crippen LogP contribution in [0.1, 0.15) is 22.3 Å². The van der Waals surface area contributed by atoms with E-state index in [1.165, 1.54) is 11.0 Å². The van der Waals surface area contributed by atoms with Crippen molar-refractivity contribution >= 4 is 23.2 Å². The largest absolute Gasteiger partial charge is 0.372 e. The van der Waals surface area contributed by atoms with E-state index in [0.717, 1.165) is 5.56 Å². The first-order valence-electron chi connectivity index (χ1n) is 8.81. The van der Waals surface area contributed by atoms with Crippen LogP contribution in [0.2, 0.25) is 0 Å². The Morgan fingerprint density at radius 1 is 1.15 bits per heavy atom. The van der Waals surface area contributed by atoms with E-state index in [2.05, 4.69) is 11.9 Å². The smallest absolute Gasteiger partial charge is 0.259 e. The Hall–Kier alpha value is -3.15. The SMILES string of the molecule is C=C1c2ccccc2C(=O)N1CC(=O)NCCCN(C)c1ccccc1F. The molecule has 1 aliphatic heterocycles. The molecule has 0 unspecified atom stereocenters. The van der Waals surface area contributed by atoms with Crippen LogP contribution >= 0.6 is 0 Å². The first kappa shape index (κ1) is 18.6. The van der Waals surface area contributed by atoms with E-state index in [9.17, 15) is 14.0 Å². The van der Waals surface area contributed by atoms with Gasteiger partial charge in [0.1, 0.15) is 12.4 Å². The molecule has 0 atom stereocenters. The highest BCUT2D eigenvalue weighted by Gasteiger charge is 2.31. The summed E-state index contributed by atoms with van der Waals surface area (Å²) in [6.45, 7) is 4.91. The van der Waals surface area contributed by atoms with Crippen molar-refractivity contribution in [3.05, 3.63) is 72.1 Å². The Labute approximate surface area is 158 Å². The number of benzene rings is 2. The van der Waals surface area contributed by atoms with Gasteiger partial charge >= 0.3 is 0 Å². The van der Waals surface area contributed by atoms with Gasteiger partial charge < -0.3 is 10.2 Å². The van der Waals surface area contributed by atoms with Gasteiger partial charge in [-0.2, -0.15) is 0 Å². The number of carbonyl (C=O) groups is 2. The van der Waals surface area contributed by atoms with Crippen LogP contribution < -0.4 is 10.2 Å². The predicted molar refractivity (Wildman–Crippen MR) is 104 cm³/mol. The minimum Gasteiger partial charge on any atom is -0.372 e. The van der Waals surface area contributed by atoms with Gasteiger partial charge in [-0.15, -0.1) is 0 Å². The quantitative estimate of drug-likeness (QED) is 0.766. The van der Waals surface area contributed by atoms with Gasteiger partial charge in [0.2, 0.25) is 5.91 Å². The van der Waals surface area contributed by atoms with Crippen molar-refractivity contribution in [3.8, 4) is 0 Å². The number of halogens is 1. The topological polar surface area (TPSA) is 52.7 Å². The monoisotopic (exact) mass is 367 g/mol. The lowest BCUT2D eigenvalue weighted by Gasteiger charge is -2.20. The summed E-state index contributed by atoms with van der Waals surface area (Å²) in [4.78, 5) is 27.8. The average molecular weight is 367 g/mol. The zero-order chi connectivity index (χ0) is 19.4. The fourth-order valence-electron chi connectivity index (χ4n) is 3.13. The maximum absolute atomic E-state index is 13.7. The maximum atomic E-state index is 13.7. The Morgan fingerprint density at radius 3 is 2.52 bits per heavy atom. The molecule has 0 spiro atoms. The number of rotatable bonds is 7. The molecular weight excluding hydrogens is 345 g/mol. The number of carbonyl (C=O) groups excluding carboxylic acids is 2. The molecule has 0 radical (unpaired) electrons. The molecule has 0 bridgehead atoms. The van der Waals surface area contributed by atoms with E-state index < -0.39 is 0 Å². The first-order valence-corrected chi connectivity index (χ1v) is 8.81. The minimum atomic E-state index is -0.269. The third-order valence-electron chi connectivity index (χ3n) is 4.60. The van der Waals surface area contributed by atoms with Crippen LogP contribution in [0.5, 0.6) is 0 Å². The molecule has 0 aromatic heterocycles. The number of nitrogens with zero attached hydrogens (tertiary/aromatic N) is 2. The van der Waals surface area contributed by atoms with E-state index in [4.69, 9.17) is 0 Å². The molecule has 0 aliphatic carbocycles. The lowest BCUT2D eigenvalue weighted by atomic mass is 10.1. The standard InChI is InChI=1S/C21H22FN3O2/c1-15-16-8-3-4-9-17(16)21(27)25(15)14-20(26)23-12-7-13-24(2)19-11-6-5-10-18(19)22/h3-6,8-11H,1,7,12-14H2,2H3,(H,23,26). The van der Waals surface area contributed by atoms with Gasteiger partial charge in [-0.25, -0.2) is 4.39 Å². The van der Waals surface area contributed by atoms with Gasteiger partial charge in [0.05, 0.1) is 5.69 Å². The van der Waals surface area contributed by atoms with Gasteiger partial charge in [0, 0.05) is 37.0 Å². The molecule has 2 amide bonds. The van der Waals surface area contributed by atoms with Crippen LogP contribution in [0.25, 0.3) is 5.70 Å². The van der Waals surface area contributed by atoms with Gasteiger partial charge in [0.15, 0.2) is 0 Å². The van der Waals surface area contributed by atoms with Crippen LogP contribution in [-0.2, 0) is 4.79 Å². The number of para-hydroxylation sites is 1. The fourth-order valence-corrected chi connectivity index (χ4v) is 3.13. The summed E-state index contributed by atoms with van der Waals surface area (Å²) in [5.74, 6) is -0.717. The van der Waals surface area contributed by atoms with Crippen molar-refractivity contribution in [2.75, 3.05) is 31.6 Å². The molecular formula is C21H22FN3O2. The zero-order valence-electron chi connectivity index (χ0n) is 15.2. The summed E-state index contributed by atoms with van der Waals surface area (Å²) in [6, 6.07) is 13.8. The van der Waals surface area contributed by atoms with Gasteiger partial charge in [-0.05, 0) is 24.6 Å². The van der Waals surface area contributed by atoms with Crippen molar-refractivity contribution in [2.24, 2.45) is 0 Å². The van der Waals surface area contributed by atoms with Crippen molar-refractivity contribution in [2.45, 2.75) is 6.42 Å². The Morgan fingerprint density at radius 2 is 1.81 bits per heavy atom. The lowest BCUT2D eigenvalue weighted by Crippen LogP contribution is -2.37. The average Bonchev–Trinajstić information content (AvgIpc) is 2.91. The van der Waals surface area contributed by atoms with Crippen LogP contribution in [0.15, 0.2) is 55.1 Å². The summed E-state index contributed by atoms with van der Waals surface area (Å²) < 4.78 is 13.7. The summed E-state index contributed by atoms with van der Waals surface area (Å²) in [7, 11) is 1.81. The second kappa shape index (κ2) is 8.03. The molecule has 5 nitrogen and oxygen atoms in total. The number of amides is 2. The highest BCUT2D eigenvalue weighted by molar-refractivity contribution is 6.10. The van der Waals surface area contributed by atoms with Crippen LogP contribution in [0, 0.1) is 5.82 Å². The molecule has 2 aromatic carbocycles. The molecule has 6 heteroatoms. The highest BCUT2D eigenvalue weighted by Crippen LogP contribution is 2.30. The van der Waals surface area contributed by atoms with Crippen molar-refractivity contribution in [1.29, 1.82) is 0 Å². The van der Waals surface area contributed by atoms with E-state index in [1.807, 2.05) is 24.1 Å². The van der Waals surface area contributed by atoms with Gasteiger partial charge in [-0.1, -0.05) is 36.9 Å². The maximum Gasteiger partial charge on any atom is 0.259 e. The van der Waals surface area contributed by atoms with Crippen LogP contribution in [0.4, 0.5) is 10.1 Å². The van der Waals surface area contributed by atoms with Crippen molar-refractivity contribution in [1.82, 2.24) is 10.2 Å². The van der Waals surface area contributed by atoms with Crippen LogP contribution in [0.3, 0.4) is 0 Å². The molecule has 27 heavy (non-hydrogen) atoms. The molecule has 0 saturated carbocycles. The summed E-state index contributed by atoms with van der Waals surface area (Å²) in [5.41, 5.74) is 2.41. The Kier molecular flexibility index (Phi) is 5.54. The zero-order valence-corrected chi connectivity index (χ0v) is 15.2. The van der Waals surface area contributed by atoms with E-state index in [-0.39, 0.29) is 24.2 Å². The predicted octanol–water partition coefficient (Wildman–Crippen LogP) is 2.89. The second-order valence-electron chi connectivity index (χ2n) is 6.46. The Bertz CT molecular complexity index is 846. The molecule has 1 aliphatic rings. The first-order chi connectivity index (χ1) is 13.0. The minimum absolute atomic E-state index is 0.0600. The number of hydrogen-bond acceptors (Lipinski definition) is 3.